The van der Waals surface area contributed by atoms with Crippen molar-refractivity contribution in [2.24, 2.45) is 7.05 Å². The molecule has 0 saturated carbocycles. The van der Waals surface area contributed by atoms with Crippen LogP contribution < -0.4 is 4.57 Å². The van der Waals surface area contributed by atoms with E-state index in [1.165, 1.54) is 5.40 Å². The Bertz CT molecular complexity index is 203. The molecule has 0 aliphatic heterocycles. The lowest BCUT2D eigenvalue weighted by atomic mass is 10.5. The van der Waals surface area contributed by atoms with E-state index < -0.39 is 0 Å². The fraction of sp³-hybridized carbons (Fsp3) is 0.143. The van der Waals surface area contributed by atoms with Crippen LogP contribution in [-0.4, -0.2) is 0 Å². The SMILES string of the molecule is C[n+]1ccccc1.N#C[S-]. The van der Waals surface area contributed by atoms with Gasteiger partial charge in [-0.25, -0.2) is 9.83 Å². The maximum Gasteiger partial charge on any atom is 0.168 e. The Kier molecular flexibility index (Phi) is 5.30. The maximum absolute atomic E-state index is 7.13. The van der Waals surface area contributed by atoms with Crippen molar-refractivity contribution in [3.8, 4) is 5.40 Å². The molecule has 0 fully saturated rings. The Balaban J connectivity index is 0.000000236. The fourth-order valence-electron chi connectivity index (χ4n) is 0.485. The molecule has 0 N–H and O–H groups in total. The number of thiocyanates is 1. The minimum atomic E-state index is 1.33. The number of aromatic nitrogens is 1. The van der Waals surface area contributed by atoms with Gasteiger partial charge in [-0.2, -0.15) is 0 Å². The summed E-state index contributed by atoms with van der Waals surface area (Å²) in [5.41, 5.74) is 0. The summed E-state index contributed by atoms with van der Waals surface area (Å²) in [6, 6.07) is 6.00. The van der Waals surface area contributed by atoms with E-state index in [1.54, 1.807) is 0 Å². The lowest BCUT2D eigenvalue weighted by Crippen LogP contribution is -2.25. The first-order chi connectivity index (χ1) is 4.81. The highest BCUT2D eigenvalue weighted by molar-refractivity contribution is 7.64. The van der Waals surface area contributed by atoms with Gasteiger partial charge in [-0.05, 0) is 0 Å². The highest BCUT2D eigenvalue weighted by Gasteiger charge is 1.78. The second kappa shape index (κ2) is 5.99. The van der Waals surface area contributed by atoms with Crippen molar-refractivity contribution in [2.75, 3.05) is 0 Å². The second-order valence-electron chi connectivity index (χ2n) is 1.63. The third-order valence-electron chi connectivity index (χ3n) is 0.865. The van der Waals surface area contributed by atoms with Crippen molar-refractivity contribution in [2.45, 2.75) is 0 Å². The van der Waals surface area contributed by atoms with Gasteiger partial charge in [-0.15, -0.1) is 0 Å². The Morgan fingerprint density at radius 3 is 1.90 bits per heavy atom. The number of aryl methyl sites for hydroxylation is 1. The first-order valence-electron chi connectivity index (χ1n) is 2.72. The standard InChI is InChI=1S/C6H8N.CHNS/c1-7-5-3-2-4-6-7;2-1-3/h2-6H,1H3;3H/q+1;/p-1. The van der Waals surface area contributed by atoms with Crippen molar-refractivity contribution < 1.29 is 4.57 Å². The van der Waals surface area contributed by atoms with Crippen LogP contribution in [0.2, 0.25) is 0 Å². The van der Waals surface area contributed by atoms with E-state index in [9.17, 15) is 0 Å². The van der Waals surface area contributed by atoms with Crippen molar-refractivity contribution >= 4 is 12.6 Å². The van der Waals surface area contributed by atoms with Gasteiger partial charge in [0.05, 0.1) is 0 Å². The van der Waals surface area contributed by atoms with E-state index in [0.717, 1.165) is 0 Å². The van der Waals surface area contributed by atoms with Gasteiger partial charge in [0, 0.05) is 12.1 Å². The summed E-state index contributed by atoms with van der Waals surface area (Å²) in [5, 5.41) is 8.47. The summed E-state index contributed by atoms with van der Waals surface area (Å²) in [6.07, 6.45) is 4.00. The first-order valence-corrected chi connectivity index (χ1v) is 3.13. The van der Waals surface area contributed by atoms with Gasteiger partial charge >= 0.3 is 0 Å². The van der Waals surface area contributed by atoms with Gasteiger partial charge in [0.1, 0.15) is 7.05 Å². The van der Waals surface area contributed by atoms with Gasteiger partial charge in [0.2, 0.25) is 0 Å². The Labute approximate surface area is 66.1 Å². The second-order valence-corrected chi connectivity index (χ2v) is 1.81. The smallest absolute Gasteiger partial charge is 0.168 e. The molecule has 1 aromatic rings. The minimum Gasteiger partial charge on any atom is -0.696 e. The molecular weight excluding hydrogens is 144 g/mol. The molecule has 0 spiro atoms. The lowest BCUT2D eigenvalue weighted by Gasteiger charge is -1.77. The molecule has 1 heterocycles. The molecule has 1 rings (SSSR count). The maximum atomic E-state index is 7.13. The fourth-order valence-corrected chi connectivity index (χ4v) is 0.485. The van der Waals surface area contributed by atoms with E-state index in [-0.39, 0.29) is 0 Å². The molecule has 0 amide bonds. The molecule has 0 aliphatic rings. The summed E-state index contributed by atoms with van der Waals surface area (Å²) in [7, 11) is 2.00. The van der Waals surface area contributed by atoms with E-state index in [4.69, 9.17) is 5.26 Å². The van der Waals surface area contributed by atoms with Gasteiger partial charge in [-0.1, -0.05) is 11.5 Å². The Morgan fingerprint density at radius 2 is 1.70 bits per heavy atom. The summed E-state index contributed by atoms with van der Waals surface area (Å²) in [4.78, 5) is 0. The molecule has 0 atom stereocenters. The van der Waals surface area contributed by atoms with Crippen molar-refractivity contribution in [3.63, 3.8) is 0 Å². The average Bonchev–Trinajstić information content (AvgIpc) is 1.91. The normalized spacial score (nSPS) is 6.80. The molecule has 2 nitrogen and oxygen atoms in total. The molecule has 0 unspecified atom stereocenters. The molecule has 0 radical (unpaired) electrons. The first kappa shape index (κ1) is 8.86. The van der Waals surface area contributed by atoms with Crippen LogP contribution in [0.4, 0.5) is 0 Å². The summed E-state index contributed by atoms with van der Waals surface area (Å²) < 4.78 is 2.00. The molecule has 0 saturated heterocycles. The lowest BCUT2D eigenvalue weighted by molar-refractivity contribution is -0.671. The predicted molar refractivity (Wildman–Crippen MR) is 40.6 cm³/mol. The summed E-state index contributed by atoms with van der Waals surface area (Å²) in [6.45, 7) is 0. The van der Waals surface area contributed by atoms with Crippen LogP contribution in [0.3, 0.4) is 0 Å². The largest absolute Gasteiger partial charge is 0.696 e. The van der Waals surface area contributed by atoms with Crippen LogP contribution in [0.25, 0.3) is 0 Å². The van der Waals surface area contributed by atoms with E-state index in [0.29, 0.717) is 0 Å². The van der Waals surface area contributed by atoms with Crippen molar-refractivity contribution in [1.29, 1.82) is 5.26 Å². The van der Waals surface area contributed by atoms with Crippen LogP contribution in [-0.2, 0) is 19.7 Å². The van der Waals surface area contributed by atoms with Gasteiger partial charge in [0.25, 0.3) is 0 Å². The molecule has 3 heteroatoms. The average molecular weight is 152 g/mol. The summed E-state index contributed by atoms with van der Waals surface area (Å²) >= 11 is 3.70. The molecule has 0 aliphatic carbocycles. The van der Waals surface area contributed by atoms with E-state index >= 15 is 0 Å². The van der Waals surface area contributed by atoms with Crippen molar-refractivity contribution in [3.05, 3.63) is 30.6 Å². The third-order valence-corrected chi connectivity index (χ3v) is 0.865. The predicted octanol–water partition coefficient (Wildman–Crippen LogP) is 0.525. The number of pyridine rings is 1. The molecule has 10 heavy (non-hydrogen) atoms. The zero-order valence-electron chi connectivity index (χ0n) is 5.69. The highest BCUT2D eigenvalue weighted by atomic mass is 32.1. The number of nitrogens with zero attached hydrogens (tertiary/aromatic N) is 2. The van der Waals surface area contributed by atoms with Crippen LogP contribution in [0.5, 0.6) is 0 Å². The van der Waals surface area contributed by atoms with Crippen LogP contribution >= 0.6 is 0 Å². The van der Waals surface area contributed by atoms with Gasteiger partial charge < -0.3 is 12.6 Å². The Hall–Kier alpha value is -1.14. The molecule has 0 aromatic carbocycles. The molecule has 0 bridgehead atoms. The van der Waals surface area contributed by atoms with Crippen LogP contribution in [0, 0.1) is 10.7 Å². The Morgan fingerprint density at radius 1 is 1.30 bits per heavy atom. The molecule has 52 valence electrons. The van der Waals surface area contributed by atoms with Gasteiger partial charge in [-0.3, -0.25) is 0 Å². The van der Waals surface area contributed by atoms with E-state index in [2.05, 4.69) is 12.6 Å². The zero-order chi connectivity index (χ0) is 7.82. The molecular formula is C7H8N2S. The quantitative estimate of drug-likeness (QED) is 0.308. The third kappa shape index (κ3) is 5.01. The van der Waals surface area contributed by atoms with Crippen molar-refractivity contribution in [1.82, 2.24) is 0 Å². The monoisotopic (exact) mass is 152 g/mol. The summed E-state index contributed by atoms with van der Waals surface area (Å²) in [5.74, 6) is 0. The number of rotatable bonds is 0. The minimum absolute atomic E-state index is 1.33. The van der Waals surface area contributed by atoms with Crippen LogP contribution in [0.15, 0.2) is 30.6 Å². The number of nitriles is 1. The zero-order valence-corrected chi connectivity index (χ0v) is 6.51. The number of hydrogen-bond acceptors (Lipinski definition) is 2. The number of hydrogen-bond donors (Lipinski definition) is 0. The van der Waals surface area contributed by atoms with E-state index in [1.807, 2.05) is 42.2 Å². The van der Waals surface area contributed by atoms with Gasteiger partial charge in [0.15, 0.2) is 12.4 Å². The highest BCUT2D eigenvalue weighted by Crippen LogP contribution is 1.71. The van der Waals surface area contributed by atoms with Crippen LogP contribution in [0.1, 0.15) is 0 Å². The molecule has 1 aromatic heterocycles. The topological polar surface area (TPSA) is 27.7 Å².